The third-order valence-electron chi connectivity index (χ3n) is 4.63. The Morgan fingerprint density at radius 2 is 1.69 bits per heavy atom. The number of hydrogen-bond donors (Lipinski definition) is 2. The van der Waals surface area contributed by atoms with Crippen molar-refractivity contribution in [2.75, 3.05) is 0 Å². The summed E-state index contributed by atoms with van der Waals surface area (Å²) >= 11 is 0. The Balaban J connectivity index is 0.000000749. The summed E-state index contributed by atoms with van der Waals surface area (Å²) in [5.41, 5.74) is 6.40. The Kier molecular flexibility index (Phi) is 9.58. The number of carbonyl (C=O) groups is 1. The van der Waals surface area contributed by atoms with Crippen molar-refractivity contribution in [2.24, 2.45) is 5.41 Å². The summed E-state index contributed by atoms with van der Waals surface area (Å²) in [5.74, 6) is -1.48. The molecule has 0 saturated heterocycles. The van der Waals surface area contributed by atoms with E-state index in [2.05, 4.69) is 53.7 Å². The van der Waals surface area contributed by atoms with Crippen molar-refractivity contribution in [3.8, 4) is 11.1 Å². The summed E-state index contributed by atoms with van der Waals surface area (Å²) in [6, 6.07) is 11.8. The Morgan fingerprint density at radius 1 is 1.07 bits per heavy atom. The van der Waals surface area contributed by atoms with E-state index in [-0.39, 0.29) is 6.61 Å². The molecule has 2 rings (SSSR count). The molecule has 0 saturated carbocycles. The molecule has 0 aliphatic rings. The Bertz CT molecular complexity index is 794. The summed E-state index contributed by atoms with van der Waals surface area (Å²) in [4.78, 5) is 11.5. The number of benzene rings is 2. The summed E-state index contributed by atoms with van der Waals surface area (Å²) in [6.45, 7) is 14.6. The lowest BCUT2D eigenvalue weighted by Crippen LogP contribution is -2.10. The van der Waals surface area contributed by atoms with Crippen LogP contribution in [0.25, 0.3) is 11.1 Å². The number of unbranched alkanes of at least 4 members (excludes halogenated alkanes) is 1. The molecule has 0 heterocycles. The molecule has 0 spiro atoms. The van der Waals surface area contributed by atoms with Crippen LogP contribution < -0.4 is 0 Å². The molecule has 0 aromatic heterocycles. The fourth-order valence-corrected chi connectivity index (χ4v) is 3.06. The van der Waals surface area contributed by atoms with E-state index in [1.807, 2.05) is 24.3 Å². The maximum Gasteiger partial charge on any atom is 0.310 e. The normalized spacial score (nSPS) is 12.1. The minimum Gasteiger partial charge on any atom is -0.481 e. The molecule has 1 atom stereocenters. The van der Waals surface area contributed by atoms with Crippen LogP contribution in [0.15, 0.2) is 36.4 Å². The molecular weight excluding hydrogens is 360 g/mol. The van der Waals surface area contributed by atoms with Crippen molar-refractivity contribution >= 4 is 5.97 Å². The zero-order valence-corrected chi connectivity index (χ0v) is 19.2. The number of aryl methyl sites for hydroxylation is 2. The second kappa shape index (κ2) is 11.2. The molecule has 0 bridgehead atoms. The van der Waals surface area contributed by atoms with Gasteiger partial charge in [0.25, 0.3) is 0 Å². The maximum atomic E-state index is 11.5. The van der Waals surface area contributed by atoms with Gasteiger partial charge in [-0.05, 0) is 65.5 Å². The second-order valence-corrected chi connectivity index (χ2v) is 9.34. The average molecular weight is 399 g/mol. The van der Waals surface area contributed by atoms with E-state index in [1.54, 1.807) is 6.92 Å². The summed E-state index contributed by atoms with van der Waals surface area (Å²) < 4.78 is 0. The number of aliphatic hydroxyl groups excluding tert-OH is 1. The number of carboxylic acid groups (broad SMARTS) is 1. The first-order valence-electron chi connectivity index (χ1n) is 10.5. The molecule has 2 N–H and O–H groups in total. The zero-order chi connectivity index (χ0) is 22.2. The fourth-order valence-electron chi connectivity index (χ4n) is 3.06. The number of rotatable bonds is 7. The number of aliphatic hydroxyl groups is 1. The molecule has 0 fully saturated rings. The first kappa shape index (κ1) is 24.9. The lowest BCUT2D eigenvalue weighted by atomic mass is 9.86. The highest BCUT2D eigenvalue weighted by atomic mass is 16.4. The van der Waals surface area contributed by atoms with Crippen molar-refractivity contribution < 1.29 is 15.0 Å². The van der Waals surface area contributed by atoms with Crippen molar-refractivity contribution in [3.63, 3.8) is 0 Å². The number of carboxylic acids is 1. The lowest BCUT2D eigenvalue weighted by molar-refractivity contribution is -0.138. The molecule has 0 aliphatic carbocycles. The van der Waals surface area contributed by atoms with E-state index < -0.39 is 11.9 Å². The van der Waals surface area contributed by atoms with Gasteiger partial charge in [-0.25, -0.2) is 0 Å². The molecule has 0 amide bonds. The van der Waals surface area contributed by atoms with E-state index in [4.69, 9.17) is 0 Å². The van der Waals surface area contributed by atoms with Gasteiger partial charge in [0.15, 0.2) is 0 Å². The lowest BCUT2D eigenvalue weighted by Gasteiger charge is -2.18. The number of aliphatic carboxylic acids is 1. The maximum absolute atomic E-state index is 11.5. The largest absolute Gasteiger partial charge is 0.481 e. The first-order valence-corrected chi connectivity index (χ1v) is 10.5. The topological polar surface area (TPSA) is 57.5 Å². The molecule has 0 radical (unpaired) electrons. The van der Waals surface area contributed by atoms with Gasteiger partial charge in [0.05, 0.1) is 12.5 Å². The highest BCUT2D eigenvalue weighted by Gasteiger charge is 2.20. The highest BCUT2D eigenvalue weighted by molar-refractivity contribution is 5.82. The average Bonchev–Trinajstić information content (AvgIpc) is 2.64. The van der Waals surface area contributed by atoms with Crippen molar-refractivity contribution in [2.45, 2.75) is 80.3 Å². The van der Waals surface area contributed by atoms with Crippen molar-refractivity contribution in [1.82, 2.24) is 0 Å². The van der Waals surface area contributed by atoms with Crippen LogP contribution in [0.4, 0.5) is 0 Å². The van der Waals surface area contributed by atoms with E-state index in [1.165, 1.54) is 11.1 Å². The molecule has 160 valence electrons. The fraction of sp³-hybridized carbons (Fsp3) is 0.500. The predicted octanol–water partition coefficient (Wildman–Crippen LogP) is 6.74. The molecule has 0 aliphatic heterocycles. The van der Waals surface area contributed by atoms with Gasteiger partial charge >= 0.3 is 5.97 Å². The third-order valence-corrected chi connectivity index (χ3v) is 4.63. The van der Waals surface area contributed by atoms with Crippen LogP contribution in [-0.4, -0.2) is 16.2 Å². The van der Waals surface area contributed by atoms with Gasteiger partial charge in [0.2, 0.25) is 0 Å². The molecule has 3 nitrogen and oxygen atoms in total. The Hall–Kier alpha value is -2.13. The Labute approximate surface area is 176 Å². The molecule has 2 aromatic rings. The van der Waals surface area contributed by atoms with E-state index in [0.717, 1.165) is 41.5 Å². The van der Waals surface area contributed by atoms with Gasteiger partial charge < -0.3 is 10.2 Å². The highest BCUT2D eigenvalue weighted by Crippen LogP contribution is 2.34. The van der Waals surface area contributed by atoms with Crippen molar-refractivity contribution in [1.29, 1.82) is 0 Å². The van der Waals surface area contributed by atoms with E-state index >= 15 is 0 Å². The first-order chi connectivity index (χ1) is 13.5. The van der Waals surface area contributed by atoms with Crippen molar-refractivity contribution in [3.05, 3.63) is 58.7 Å². The number of hydrogen-bond acceptors (Lipinski definition) is 2. The summed E-state index contributed by atoms with van der Waals surface area (Å²) in [5, 5.41) is 19.2. The van der Waals surface area contributed by atoms with Gasteiger partial charge in [0, 0.05) is 0 Å². The molecule has 2 aromatic carbocycles. The minimum atomic E-state index is -0.857. The van der Waals surface area contributed by atoms with Crippen LogP contribution in [-0.2, 0) is 17.8 Å². The van der Waals surface area contributed by atoms with Crippen LogP contribution in [0.2, 0.25) is 0 Å². The minimum absolute atomic E-state index is 0.103. The third kappa shape index (κ3) is 8.02. The quantitative estimate of drug-likeness (QED) is 0.543. The zero-order valence-electron chi connectivity index (χ0n) is 19.2. The predicted molar refractivity (Wildman–Crippen MR) is 122 cm³/mol. The second-order valence-electron chi connectivity index (χ2n) is 9.34. The van der Waals surface area contributed by atoms with Crippen LogP contribution >= 0.6 is 0 Å². The van der Waals surface area contributed by atoms with Gasteiger partial charge in [-0.3, -0.25) is 4.79 Å². The van der Waals surface area contributed by atoms with Crippen LogP contribution in [0.3, 0.4) is 0 Å². The van der Waals surface area contributed by atoms with E-state index in [0.29, 0.717) is 5.41 Å². The molecule has 1 unspecified atom stereocenters. The Morgan fingerprint density at radius 3 is 2.21 bits per heavy atom. The van der Waals surface area contributed by atoms with Crippen LogP contribution in [0.1, 0.15) is 82.6 Å². The van der Waals surface area contributed by atoms with Gasteiger partial charge in [-0.15, -0.1) is 0 Å². The standard InChI is InChI=1S/C21H26O3.C5H12/c1-4-5-7-16-12-17(11-10-14(16)2)20-18(13-22)8-6-9-19(20)15(3)21(23)24;1-5(2,3)4/h6,8-12,15,22H,4-5,7,13H2,1-3H3,(H,23,24);1-4H3. The van der Waals surface area contributed by atoms with Crippen LogP contribution in [0, 0.1) is 12.3 Å². The SMILES string of the molecule is CC(C)(C)C.CCCCc1cc(-c2c(CO)cccc2C(C)C(=O)O)ccc1C. The monoisotopic (exact) mass is 398 g/mol. The summed E-state index contributed by atoms with van der Waals surface area (Å²) in [6.07, 6.45) is 3.28. The molecule has 29 heavy (non-hydrogen) atoms. The summed E-state index contributed by atoms with van der Waals surface area (Å²) in [7, 11) is 0. The van der Waals surface area contributed by atoms with Crippen LogP contribution in [0.5, 0.6) is 0 Å². The van der Waals surface area contributed by atoms with Gasteiger partial charge in [0.1, 0.15) is 0 Å². The van der Waals surface area contributed by atoms with E-state index in [9.17, 15) is 15.0 Å². The van der Waals surface area contributed by atoms with Gasteiger partial charge in [-0.2, -0.15) is 0 Å². The molecular formula is C26H38O3. The van der Waals surface area contributed by atoms with Gasteiger partial charge in [-0.1, -0.05) is 77.4 Å². The molecule has 3 heteroatoms. The smallest absolute Gasteiger partial charge is 0.310 e.